The smallest absolute Gasteiger partial charge is 0.192 e. The van der Waals surface area contributed by atoms with Gasteiger partial charge in [-0.3, -0.25) is 4.79 Å². The molecular weight excluding hydrogens is 258 g/mol. The number of rotatable bonds is 2. The van der Waals surface area contributed by atoms with Crippen molar-refractivity contribution in [2.24, 2.45) is 5.73 Å². The van der Waals surface area contributed by atoms with Crippen LogP contribution in [0.1, 0.15) is 18.1 Å². The maximum atomic E-state index is 13.0. The van der Waals surface area contributed by atoms with E-state index in [0.29, 0.717) is 11.1 Å². The second kappa shape index (κ2) is 4.83. The molecule has 1 unspecified atom stereocenters. The van der Waals surface area contributed by atoms with E-state index >= 15 is 0 Å². The standard InChI is InChI=1S/C19H17NO/c1-13-14(2)19(20,16-11-7-4-8-12-16)18(21)17(13)15-9-5-3-6-10-15/h3-12H,2,20H2,1H3. The third-order valence-corrected chi connectivity index (χ3v) is 4.18. The monoisotopic (exact) mass is 275 g/mol. The first-order valence-electron chi connectivity index (χ1n) is 6.92. The van der Waals surface area contributed by atoms with Gasteiger partial charge in [0.15, 0.2) is 5.78 Å². The highest BCUT2D eigenvalue weighted by Gasteiger charge is 2.47. The molecule has 0 saturated carbocycles. The minimum atomic E-state index is -1.16. The van der Waals surface area contributed by atoms with Crippen molar-refractivity contribution in [1.82, 2.24) is 0 Å². The van der Waals surface area contributed by atoms with Gasteiger partial charge in [0.25, 0.3) is 0 Å². The van der Waals surface area contributed by atoms with Crippen LogP contribution in [0.15, 0.2) is 78.4 Å². The van der Waals surface area contributed by atoms with Crippen LogP contribution in [0, 0.1) is 0 Å². The van der Waals surface area contributed by atoms with E-state index < -0.39 is 5.54 Å². The second-order valence-electron chi connectivity index (χ2n) is 5.35. The van der Waals surface area contributed by atoms with Crippen molar-refractivity contribution in [1.29, 1.82) is 0 Å². The molecule has 0 amide bonds. The summed E-state index contributed by atoms with van der Waals surface area (Å²) >= 11 is 0. The summed E-state index contributed by atoms with van der Waals surface area (Å²) < 4.78 is 0. The van der Waals surface area contributed by atoms with Crippen LogP contribution in [0.25, 0.3) is 5.57 Å². The van der Waals surface area contributed by atoms with Gasteiger partial charge in [0, 0.05) is 5.57 Å². The molecule has 1 aliphatic carbocycles. The van der Waals surface area contributed by atoms with E-state index in [2.05, 4.69) is 6.58 Å². The molecule has 0 spiro atoms. The van der Waals surface area contributed by atoms with Gasteiger partial charge in [0.1, 0.15) is 5.54 Å². The van der Waals surface area contributed by atoms with Gasteiger partial charge >= 0.3 is 0 Å². The molecule has 104 valence electrons. The molecule has 1 atom stereocenters. The SMILES string of the molecule is C=C1C(C)=C(c2ccccc2)C(=O)C1(N)c1ccccc1. The summed E-state index contributed by atoms with van der Waals surface area (Å²) in [6, 6.07) is 19.1. The molecule has 2 heteroatoms. The van der Waals surface area contributed by atoms with Crippen LogP contribution in [0.4, 0.5) is 0 Å². The molecule has 0 heterocycles. The van der Waals surface area contributed by atoms with Gasteiger partial charge in [-0.05, 0) is 29.2 Å². The summed E-state index contributed by atoms with van der Waals surface area (Å²) in [5.74, 6) is -0.0811. The first-order chi connectivity index (χ1) is 10.1. The van der Waals surface area contributed by atoms with Crippen LogP contribution in [-0.4, -0.2) is 5.78 Å². The van der Waals surface area contributed by atoms with Gasteiger partial charge in [-0.25, -0.2) is 0 Å². The highest BCUT2D eigenvalue weighted by Crippen LogP contribution is 2.44. The quantitative estimate of drug-likeness (QED) is 0.912. The Labute approximate surface area is 124 Å². The van der Waals surface area contributed by atoms with Gasteiger partial charge in [0.2, 0.25) is 0 Å². The molecule has 2 aromatic rings. The summed E-state index contributed by atoms with van der Waals surface area (Å²) in [4.78, 5) is 13.0. The fourth-order valence-corrected chi connectivity index (χ4v) is 2.91. The molecule has 0 bridgehead atoms. The predicted molar refractivity (Wildman–Crippen MR) is 85.5 cm³/mol. The Morgan fingerprint density at radius 2 is 1.48 bits per heavy atom. The third kappa shape index (κ3) is 1.88. The number of carbonyl (C=O) groups is 1. The van der Waals surface area contributed by atoms with E-state index in [9.17, 15) is 4.79 Å². The van der Waals surface area contributed by atoms with Crippen molar-refractivity contribution < 1.29 is 4.79 Å². The number of ketones is 1. The van der Waals surface area contributed by atoms with E-state index in [4.69, 9.17) is 5.73 Å². The van der Waals surface area contributed by atoms with Crippen LogP contribution in [0.5, 0.6) is 0 Å². The normalized spacial score (nSPS) is 22.0. The topological polar surface area (TPSA) is 43.1 Å². The molecule has 21 heavy (non-hydrogen) atoms. The van der Waals surface area contributed by atoms with E-state index in [-0.39, 0.29) is 5.78 Å². The van der Waals surface area contributed by atoms with Crippen LogP contribution < -0.4 is 5.73 Å². The van der Waals surface area contributed by atoms with Gasteiger partial charge in [-0.2, -0.15) is 0 Å². The van der Waals surface area contributed by atoms with Crippen molar-refractivity contribution in [3.8, 4) is 0 Å². The summed E-state index contributed by atoms with van der Waals surface area (Å²) in [6.07, 6.45) is 0. The lowest BCUT2D eigenvalue weighted by molar-refractivity contribution is -0.117. The van der Waals surface area contributed by atoms with Crippen molar-refractivity contribution in [2.45, 2.75) is 12.5 Å². The number of carbonyl (C=O) groups excluding carboxylic acids is 1. The fourth-order valence-electron chi connectivity index (χ4n) is 2.91. The van der Waals surface area contributed by atoms with E-state index in [0.717, 1.165) is 16.7 Å². The number of hydrogen-bond donors (Lipinski definition) is 1. The van der Waals surface area contributed by atoms with E-state index in [1.54, 1.807) is 0 Å². The molecule has 2 aromatic carbocycles. The first-order valence-corrected chi connectivity index (χ1v) is 6.92. The summed E-state index contributed by atoms with van der Waals surface area (Å²) in [7, 11) is 0. The Balaban J connectivity index is 2.16. The molecular formula is C19H17NO. The zero-order valence-corrected chi connectivity index (χ0v) is 12.0. The maximum Gasteiger partial charge on any atom is 0.192 e. The second-order valence-corrected chi connectivity index (χ2v) is 5.35. The van der Waals surface area contributed by atoms with Gasteiger partial charge in [-0.1, -0.05) is 67.2 Å². The van der Waals surface area contributed by atoms with Crippen molar-refractivity contribution in [3.05, 3.63) is 89.5 Å². The lowest BCUT2D eigenvalue weighted by Crippen LogP contribution is -2.43. The molecule has 0 aromatic heterocycles. The summed E-state index contributed by atoms with van der Waals surface area (Å²) in [5.41, 5.74) is 9.24. The Bertz CT molecular complexity index is 744. The van der Waals surface area contributed by atoms with Crippen LogP contribution >= 0.6 is 0 Å². The predicted octanol–water partition coefficient (Wildman–Crippen LogP) is 3.45. The Kier molecular flexibility index (Phi) is 3.11. The number of nitrogens with two attached hydrogens (primary N) is 1. The molecule has 2 nitrogen and oxygen atoms in total. The fraction of sp³-hybridized carbons (Fsp3) is 0.105. The van der Waals surface area contributed by atoms with Crippen molar-refractivity contribution in [2.75, 3.05) is 0 Å². The number of hydrogen-bond acceptors (Lipinski definition) is 2. The zero-order valence-electron chi connectivity index (χ0n) is 12.0. The van der Waals surface area contributed by atoms with Crippen LogP contribution in [-0.2, 0) is 10.3 Å². The average Bonchev–Trinajstić information content (AvgIpc) is 2.71. The number of benzene rings is 2. The number of Topliss-reactive ketones (excluding diaryl/α,β-unsaturated/α-hetero) is 1. The molecule has 3 rings (SSSR count). The molecule has 0 fully saturated rings. The molecule has 0 aliphatic heterocycles. The zero-order chi connectivity index (χ0) is 15.0. The summed E-state index contributed by atoms with van der Waals surface area (Å²) in [6.45, 7) is 6.00. The van der Waals surface area contributed by atoms with E-state index in [1.807, 2.05) is 67.6 Å². The van der Waals surface area contributed by atoms with Crippen LogP contribution in [0.3, 0.4) is 0 Å². The van der Waals surface area contributed by atoms with Gasteiger partial charge in [0.05, 0.1) is 0 Å². The highest BCUT2D eigenvalue weighted by molar-refractivity contribution is 6.31. The minimum Gasteiger partial charge on any atom is -0.311 e. The van der Waals surface area contributed by atoms with Crippen LogP contribution in [0.2, 0.25) is 0 Å². The summed E-state index contributed by atoms with van der Waals surface area (Å²) in [5, 5.41) is 0. The molecule has 2 N–H and O–H groups in total. The molecule has 0 saturated heterocycles. The lowest BCUT2D eigenvalue weighted by atomic mass is 9.82. The minimum absolute atomic E-state index is 0.0811. The maximum absolute atomic E-state index is 13.0. The van der Waals surface area contributed by atoms with Gasteiger partial charge < -0.3 is 5.73 Å². The van der Waals surface area contributed by atoms with Crippen molar-refractivity contribution >= 4 is 11.4 Å². The largest absolute Gasteiger partial charge is 0.311 e. The third-order valence-electron chi connectivity index (χ3n) is 4.18. The van der Waals surface area contributed by atoms with Crippen molar-refractivity contribution in [3.63, 3.8) is 0 Å². The average molecular weight is 275 g/mol. The van der Waals surface area contributed by atoms with E-state index in [1.165, 1.54) is 0 Å². The Morgan fingerprint density at radius 1 is 0.952 bits per heavy atom. The molecule has 1 aliphatic rings. The Morgan fingerprint density at radius 3 is 2.05 bits per heavy atom. The first kappa shape index (κ1) is 13.5. The highest BCUT2D eigenvalue weighted by atomic mass is 16.1. The lowest BCUT2D eigenvalue weighted by Gasteiger charge is -2.25. The van der Waals surface area contributed by atoms with Gasteiger partial charge in [-0.15, -0.1) is 0 Å². The Hall–Kier alpha value is -2.45. The molecule has 0 radical (unpaired) electrons.